The molecule has 2 heterocycles. The molecule has 3 aromatic rings. The van der Waals surface area contributed by atoms with Crippen LogP contribution in [0.5, 0.6) is 0 Å². The SMILES string of the molecule is Cc1ccc(CN2C(=O)OC(c3ccc(NC(=O)c4ccco4)cc3)C2C(=O)NC(C)C)cc1. The molecule has 1 aliphatic heterocycles. The lowest BCUT2D eigenvalue weighted by molar-refractivity contribution is -0.126. The monoisotopic (exact) mass is 461 g/mol. The number of ether oxygens (including phenoxy) is 1. The van der Waals surface area contributed by atoms with Crippen LogP contribution in [-0.4, -0.2) is 34.9 Å². The van der Waals surface area contributed by atoms with Gasteiger partial charge in [-0.25, -0.2) is 4.79 Å². The number of nitrogens with zero attached hydrogens (tertiary/aromatic N) is 1. The number of hydrogen-bond donors (Lipinski definition) is 2. The van der Waals surface area contributed by atoms with Gasteiger partial charge in [0.05, 0.1) is 12.8 Å². The van der Waals surface area contributed by atoms with Crippen LogP contribution in [0, 0.1) is 6.92 Å². The Balaban J connectivity index is 1.56. The van der Waals surface area contributed by atoms with Crippen LogP contribution in [0.3, 0.4) is 0 Å². The van der Waals surface area contributed by atoms with E-state index in [0.717, 1.165) is 11.1 Å². The molecule has 34 heavy (non-hydrogen) atoms. The Labute approximate surface area is 197 Å². The number of anilines is 1. The number of rotatable bonds is 7. The summed E-state index contributed by atoms with van der Waals surface area (Å²) in [4.78, 5) is 39.6. The Kier molecular flexibility index (Phi) is 6.67. The zero-order valence-electron chi connectivity index (χ0n) is 19.3. The highest BCUT2D eigenvalue weighted by atomic mass is 16.6. The van der Waals surface area contributed by atoms with E-state index in [0.29, 0.717) is 11.3 Å². The van der Waals surface area contributed by atoms with Gasteiger partial charge in [-0.15, -0.1) is 0 Å². The van der Waals surface area contributed by atoms with Gasteiger partial charge in [0, 0.05) is 11.7 Å². The minimum absolute atomic E-state index is 0.0933. The summed E-state index contributed by atoms with van der Waals surface area (Å²) in [6.07, 6.45) is 0.0909. The Hall–Kier alpha value is -4.07. The van der Waals surface area contributed by atoms with E-state index in [1.54, 1.807) is 36.4 Å². The van der Waals surface area contributed by atoms with Gasteiger partial charge < -0.3 is 19.8 Å². The summed E-state index contributed by atoms with van der Waals surface area (Å²) in [5.74, 6) is -0.456. The van der Waals surface area contributed by atoms with Crippen molar-refractivity contribution in [2.45, 2.75) is 45.5 Å². The van der Waals surface area contributed by atoms with Crippen molar-refractivity contribution in [2.24, 2.45) is 0 Å². The Morgan fingerprint density at radius 1 is 1.03 bits per heavy atom. The third-order valence-electron chi connectivity index (χ3n) is 5.50. The van der Waals surface area contributed by atoms with E-state index in [9.17, 15) is 14.4 Å². The molecule has 2 aromatic carbocycles. The molecule has 8 heteroatoms. The topological polar surface area (TPSA) is 101 Å². The summed E-state index contributed by atoms with van der Waals surface area (Å²) in [6, 6.07) is 17.0. The molecule has 2 unspecified atom stereocenters. The smallest absolute Gasteiger partial charge is 0.411 e. The van der Waals surface area contributed by atoms with Gasteiger partial charge in [-0.05, 0) is 56.2 Å². The van der Waals surface area contributed by atoms with Crippen molar-refractivity contribution < 1.29 is 23.5 Å². The first-order valence-corrected chi connectivity index (χ1v) is 11.1. The van der Waals surface area contributed by atoms with Crippen LogP contribution < -0.4 is 10.6 Å². The van der Waals surface area contributed by atoms with Crippen LogP contribution in [-0.2, 0) is 16.1 Å². The lowest BCUT2D eigenvalue weighted by Crippen LogP contribution is -2.48. The molecule has 0 saturated carbocycles. The van der Waals surface area contributed by atoms with Crippen LogP contribution in [0.15, 0.2) is 71.3 Å². The zero-order valence-corrected chi connectivity index (χ0v) is 19.3. The molecule has 1 fully saturated rings. The minimum Gasteiger partial charge on any atom is -0.459 e. The molecule has 1 saturated heterocycles. The lowest BCUT2D eigenvalue weighted by atomic mass is 10.00. The molecular weight excluding hydrogens is 434 g/mol. The van der Waals surface area contributed by atoms with Crippen LogP contribution >= 0.6 is 0 Å². The molecule has 8 nitrogen and oxygen atoms in total. The largest absolute Gasteiger partial charge is 0.459 e. The Bertz CT molecular complexity index is 1150. The van der Waals surface area contributed by atoms with E-state index < -0.39 is 18.2 Å². The highest BCUT2D eigenvalue weighted by Gasteiger charge is 2.47. The van der Waals surface area contributed by atoms with E-state index in [2.05, 4.69) is 10.6 Å². The molecule has 4 rings (SSSR count). The minimum atomic E-state index is -0.834. The first-order chi connectivity index (χ1) is 16.3. The molecule has 176 valence electrons. The molecule has 2 atom stereocenters. The van der Waals surface area contributed by atoms with Crippen molar-refractivity contribution in [3.8, 4) is 0 Å². The Morgan fingerprint density at radius 2 is 1.74 bits per heavy atom. The van der Waals surface area contributed by atoms with Crippen molar-refractivity contribution in [3.05, 3.63) is 89.4 Å². The number of nitrogens with one attached hydrogen (secondary N) is 2. The summed E-state index contributed by atoms with van der Waals surface area (Å²) in [5.41, 5.74) is 3.22. The predicted octanol–water partition coefficient (Wildman–Crippen LogP) is 4.43. The highest BCUT2D eigenvalue weighted by molar-refractivity contribution is 6.02. The van der Waals surface area contributed by atoms with Crippen molar-refractivity contribution in [2.75, 3.05) is 5.32 Å². The van der Waals surface area contributed by atoms with Gasteiger partial charge in [-0.2, -0.15) is 0 Å². The Morgan fingerprint density at radius 3 is 2.35 bits per heavy atom. The number of furan rings is 1. The average molecular weight is 462 g/mol. The molecular formula is C26H27N3O5. The van der Waals surface area contributed by atoms with E-state index in [-0.39, 0.29) is 30.2 Å². The molecule has 0 spiro atoms. The standard InChI is InChI=1S/C26H27N3O5/c1-16(2)27-25(31)22-23(34-26(32)29(22)15-18-8-6-17(3)7-9-18)19-10-12-20(13-11-19)28-24(30)21-5-4-14-33-21/h4-14,16,22-23H,15H2,1-3H3,(H,27,31)(H,28,30). The fourth-order valence-electron chi connectivity index (χ4n) is 3.83. The second-order valence-corrected chi connectivity index (χ2v) is 8.58. The maximum Gasteiger partial charge on any atom is 0.411 e. The van der Waals surface area contributed by atoms with Crippen LogP contribution in [0.1, 0.15) is 47.2 Å². The van der Waals surface area contributed by atoms with Gasteiger partial charge in [-0.3, -0.25) is 14.5 Å². The van der Waals surface area contributed by atoms with Crippen LogP contribution in [0.2, 0.25) is 0 Å². The van der Waals surface area contributed by atoms with Gasteiger partial charge >= 0.3 is 6.09 Å². The van der Waals surface area contributed by atoms with Gasteiger partial charge in [0.1, 0.15) is 0 Å². The number of benzene rings is 2. The van der Waals surface area contributed by atoms with Crippen molar-refractivity contribution >= 4 is 23.6 Å². The fourth-order valence-corrected chi connectivity index (χ4v) is 3.83. The maximum atomic E-state index is 13.1. The van der Waals surface area contributed by atoms with E-state index >= 15 is 0 Å². The molecule has 0 aliphatic carbocycles. The third-order valence-corrected chi connectivity index (χ3v) is 5.50. The number of aryl methyl sites for hydroxylation is 1. The number of hydrogen-bond acceptors (Lipinski definition) is 5. The predicted molar refractivity (Wildman–Crippen MR) is 126 cm³/mol. The first kappa shape index (κ1) is 23.1. The molecule has 1 aliphatic rings. The summed E-state index contributed by atoms with van der Waals surface area (Å²) >= 11 is 0. The first-order valence-electron chi connectivity index (χ1n) is 11.1. The van der Waals surface area contributed by atoms with Crippen molar-refractivity contribution in [1.82, 2.24) is 10.2 Å². The number of cyclic esters (lactones) is 1. The second-order valence-electron chi connectivity index (χ2n) is 8.58. The summed E-state index contributed by atoms with van der Waals surface area (Å²) < 4.78 is 10.8. The normalized spacial score (nSPS) is 17.5. The third kappa shape index (κ3) is 5.11. The van der Waals surface area contributed by atoms with Gasteiger partial charge in [0.15, 0.2) is 17.9 Å². The number of carbonyl (C=O) groups excluding carboxylic acids is 3. The molecule has 0 bridgehead atoms. The zero-order chi connectivity index (χ0) is 24.2. The second kappa shape index (κ2) is 9.82. The van der Waals surface area contributed by atoms with Crippen LogP contribution in [0.4, 0.5) is 10.5 Å². The molecule has 1 aromatic heterocycles. The summed E-state index contributed by atoms with van der Waals surface area (Å²) in [7, 11) is 0. The van der Waals surface area contributed by atoms with Gasteiger partial charge in [0.2, 0.25) is 5.91 Å². The molecule has 0 radical (unpaired) electrons. The van der Waals surface area contributed by atoms with E-state index in [4.69, 9.17) is 9.15 Å². The molecule has 2 N–H and O–H groups in total. The average Bonchev–Trinajstić information content (AvgIpc) is 3.44. The highest BCUT2D eigenvalue weighted by Crippen LogP contribution is 2.34. The number of amides is 3. The van der Waals surface area contributed by atoms with E-state index in [1.807, 2.05) is 45.0 Å². The lowest BCUT2D eigenvalue weighted by Gasteiger charge is -2.25. The van der Waals surface area contributed by atoms with Crippen molar-refractivity contribution in [3.63, 3.8) is 0 Å². The maximum absolute atomic E-state index is 13.1. The summed E-state index contributed by atoms with van der Waals surface area (Å²) in [6.45, 7) is 5.98. The van der Waals surface area contributed by atoms with E-state index in [1.165, 1.54) is 11.2 Å². The fraction of sp³-hybridized carbons (Fsp3) is 0.269. The van der Waals surface area contributed by atoms with Gasteiger partial charge in [-0.1, -0.05) is 42.0 Å². The summed E-state index contributed by atoms with van der Waals surface area (Å²) in [5, 5.41) is 5.65. The quantitative estimate of drug-likeness (QED) is 0.542. The molecule has 3 amide bonds. The van der Waals surface area contributed by atoms with Crippen molar-refractivity contribution in [1.29, 1.82) is 0 Å². The number of carbonyl (C=O) groups is 3. The van der Waals surface area contributed by atoms with Crippen LogP contribution in [0.25, 0.3) is 0 Å². The van der Waals surface area contributed by atoms with Gasteiger partial charge in [0.25, 0.3) is 5.91 Å².